The summed E-state index contributed by atoms with van der Waals surface area (Å²) in [6, 6.07) is 9.83. The van der Waals surface area contributed by atoms with E-state index < -0.39 is 5.54 Å². The quantitative estimate of drug-likeness (QED) is 0.827. The van der Waals surface area contributed by atoms with Gasteiger partial charge in [-0.05, 0) is 32.0 Å². The summed E-state index contributed by atoms with van der Waals surface area (Å²) >= 11 is 0. The van der Waals surface area contributed by atoms with Crippen LogP contribution in [0.2, 0.25) is 0 Å². The molecule has 0 bridgehead atoms. The molecule has 4 nitrogen and oxygen atoms in total. The molecule has 0 amide bonds. The number of ether oxygens (including phenoxy) is 1. The summed E-state index contributed by atoms with van der Waals surface area (Å²) < 4.78 is 4.98. The molecule has 0 unspecified atom stereocenters. The first-order valence-corrected chi connectivity index (χ1v) is 6.26. The molecule has 0 radical (unpaired) electrons. The minimum Gasteiger partial charge on any atom is -0.467 e. The van der Waals surface area contributed by atoms with Gasteiger partial charge in [-0.15, -0.1) is 0 Å². The number of nitrogens with zero attached hydrogens (tertiary/aromatic N) is 1. The predicted octanol–water partition coefficient (Wildman–Crippen LogP) is 1.74. The van der Waals surface area contributed by atoms with Crippen LogP contribution in [0.15, 0.2) is 30.3 Å². The second-order valence-electron chi connectivity index (χ2n) is 4.87. The highest BCUT2D eigenvalue weighted by atomic mass is 16.5. The molecule has 1 aliphatic rings. The molecule has 0 spiro atoms. The fourth-order valence-electron chi connectivity index (χ4n) is 2.37. The highest BCUT2D eigenvalue weighted by Gasteiger charge is 2.41. The summed E-state index contributed by atoms with van der Waals surface area (Å²) in [5.74, 6) is -0.167. The number of hydrogen-bond acceptors (Lipinski definition) is 4. The molecule has 0 saturated carbocycles. The standard InChI is InChI=1S/C14H20N2O2/c1-16-10-8-14(9-11-16,13(17)18-2)15-12-6-4-3-5-7-12/h3-7,15H,8-11H2,1-2H3. The van der Waals surface area contributed by atoms with Crippen molar-refractivity contribution >= 4 is 11.7 Å². The lowest BCUT2D eigenvalue weighted by atomic mass is 9.87. The van der Waals surface area contributed by atoms with Gasteiger partial charge in [-0.1, -0.05) is 18.2 Å². The van der Waals surface area contributed by atoms with Crippen LogP contribution in [-0.2, 0) is 9.53 Å². The lowest BCUT2D eigenvalue weighted by Gasteiger charge is -2.39. The highest BCUT2D eigenvalue weighted by Crippen LogP contribution is 2.27. The van der Waals surface area contributed by atoms with Crippen LogP contribution in [0.1, 0.15) is 12.8 Å². The molecular weight excluding hydrogens is 228 g/mol. The molecule has 1 aromatic rings. The van der Waals surface area contributed by atoms with Crippen molar-refractivity contribution in [2.45, 2.75) is 18.4 Å². The van der Waals surface area contributed by atoms with Crippen molar-refractivity contribution in [3.63, 3.8) is 0 Å². The van der Waals surface area contributed by atoms with E-state index in [1.54, 1.807) is 0 Å². The van der Waals surface area contributed by atoms with Crippen LogP contribution in [0.3, 0.4) is 0 Å². The largest absolute Gasteiger partial charge is 0.467 e. The Kier molecular flexibility index (Phi) is 3.87. The van der Waals surface area contributed by atoms with Gasteiger partial charge in [0.15, 0.2) is 0 Å². The molecule has 1 heterocycles. The van der Waals surface area contributed by atoms with Gasteiger partial charge in [0.25, 0.3) is 0 Å². The molecule has 18 heavy (non-hydrogen) atoms. The minimum absolute atomic E-state index is 0.167. The van der Waals surface area contributed by atoms with Crippen LogP contribution in [0, 0.1) is 0 Å². The van der Waals surface area contributed by atoms with Gasteiger partial charge in [-0.3, -0.25) is 0 Å². The number of benzene rings is 1. The van der Waals surface area contributed by atoms with E-state index in [0.29, 0.717) is 0 Å². The maximum Gasteiger partial charge on any atom is 0.331 e. The molecule has 1 fully saturated rings. The van der Waals surface area contributed by atoms with E-state index >= 15 is 0 Å². The van der Waals surface area contributed by atoms with Crippen molar-refractivity contribution in [3.8, 4) is 0 Å². The maximum atomic E-state index is 12.1. The number of anilines is 1. The third-order valence-electron chi connectivity index (χ3n) is 3.57. The fraction of sp³-hybridized carbons (Fsp3) is 0.500. The molecule has 98 valence electrons. The third kappa shape index (κ3) is 2.64. The highest BCUT2D eigenvalue weighted by molar-refractivity contribution is 5.84. The Labute approximate surface area is 108 Å². The van der Waals surface area contributed by atoms with Crippen molar-refractivity contribution in [3.05, 3.63) is 30.3 Å². The van der Waals surface area contributed by atoms with Gasteiger partial charge in [0.2, 0.25) is 0 Å². The first-order valence-electron chi connectivity index (χ1n) is 6.26. The Morgan fingerprint density at radius 2 is 1.89 bits per heavy atom. The number of esters is 1. The summed E-state index contributed by atoms with van der Waals surface area (Å²) in [6.07, 6.45) is 1.54. The molecule has 1 N–H and O–H groups in total. The predicted molar refractivity (Wildman–Crippen MR) is 71.5 cm³/mol. The van der Waals surface area contributed by atoms with E-state index in [4.69, 9.17) is 4.74 Å². The molecule has 2 rings (SSSR count). The topological polar surface area (TPSA) is 41.6 Å². The van der Waals surface area contributed by atoms with Crippen molar-refractivity contribution in [1.29, 1.82) is 0 Å². The molecule has 0 aromatic heterocycles. The SMILES string of the molecule is COC(=O)C1(Nc2ccccc2)CCN(C)CC1. The van der Waals surface area contributed by atoms with Gasteiger partial charge in [0.1, 0.15) is 5.54 Å². The second kappa shape index (κ2) is 5.40. The van der Waals surface area contributed by atoms with Gasteiger partial charge in [-0.25, -0.2) is 4.79 Å². The van der Waals surface area contributed by atoms with Gasteiger partial charge in [0.05, 0.1) is 7.11 Å². The van der Waals surface area contributed by atoms with E-state index in [-0.39, 0.29) is 5.97 Å². The normalized spacial score (nSPS) is 19.2. The molecule has 1 aromatic carbocycles. The van der Waals surface area contributed by atoms with Crippen LogP contribution in [0.5, 0.6) is 0 Å². The molecule has 4 heteroatoms. The molecule has 1 aliphatic heterocycles. The Balaban J connectivity index is 2.18. The van der Waals surface area contributed by atoms with Gasteiger partial charge in [-0.2, -0.15) is 0 Å². The Morgan fingerprint density at radius 3 is 2.44 bits per heavy atom. The fourth-order valence-corrected chi connectivity index (χ4v) is 2.37. The number of methoxy groups -OCH3 is 1. The Hall–Kier alpha value is -1.55. The number of likely N-dealkylation sites (tertiary alicyclic amines) is 1. The Morgan fingerprint density at radius 1 is 1.28 bits per heavy atom. The molecule has 0 atom stereocenters. The first-order chi connectivity index (χ1) is 8.66. The van der Waals surface area contributed by atoms with E-state index in [1.807, 2.05) is 30.3 Å². The summed E-state index contributed by atoms with van der Waals surface area (Å²) in [6.45, 7) is 1.80. The van der Waals surface area contributed by atoms with Gasteiger partial charge in [0, 0.05) is 18.8 Å². The smallest absolute Gasteiger partial charge is 0.331 e. The number of rotatable bonds is 3. The maximum absolute atomic E-state index is 12.1. The average molecular weight is 248 g/mol. The molecule has 0 aliphatic carbocycles. The zero-order chi connectivity index (χ0) is 13.0. The summed E-state index contributed by atoms with van der Waals surface area (Å²) in [7, 11) is 3.53. The number of para-hydroxylation sites is 1. The number of nitrogens with one attached hydrogen (secondary N) is 1. The second-order valence-corrected chi connectivity index (χ2v) is 4.87. The van der Waals surface area contributed by atoms with Crippen molar-refractivity contribution in [2.24, 2.45) is 0 Å². The lowest BCUT2D eigenvalue weighted by molar-refractivity contribution is -0.147. The number of carbonyl (C=O) groups is 1. The van der Waals surface area contributed by atoms with E-state index in [1.165, 1.54) is 7.11 Å². The van der Waals surface area contributed by atoms with Gasteiger partial charge < -0.3 is 15.0 Å². The number of hydrogen-bond donors (Lipinski definition) is 1. The number of piperidine rings is 1. The van der Waals surface area contributed by atoms with Crippen LogP contribution in [0.25, 0.3) is 0 Å². The monoisotopic (exact) mass is 248 g/mol. The Bertz CT molecular complexity index is 398. The zero-order valence-corrected chi connectivity index (χ0v) is 11.0. The van der Waals surface area contributed by atoms with Crippen LogP contribution < -0.4 is 5.32 Å². The first kappa shape index (κ1) is 12.9. The minimum atomic E-state index is -0.581. The van der Waals surface area contributed by atoms with E-state index in [9.17, 15) is 4.79 Å². The van der Waals surface area contributed by atoms with E-state index in [2.05, 4.69) is 17.3 Å². The number of carbonyl (C=O) groups excluding carboxylic acids is 1. The summed E-state index contributed by atoms with van der Waals surface area (Å²) in [5, 5.41) is 3.36. The van der Waals surface area contributed by atoms with Crippen LogP contribution >= 0.6 is 0 Å². The van der Waals surface area contributed by atoms with Crippen molar-refractivity contribution in [2.75, 3.05) is 32.6 Å². The van der Waals surface area contributed by atoms with Crippen LogP contribution in [-0.4, -0.2) is 43.7 Å². The van der Waals surface area contributed by atoms with Gasteiger partial charge >= 0.3 is 5.97 Å². The summed E-state index contributed by atoms with van der Waals surface area (Å²) in [5.41, 5.74) is 0.384. The lowest BCUT2D eigenvalue weighted by Crippen LogP contribution is -2.54. The average Bonchev–Trinajstić information content (AvgIpc) is 2.42. The van der Waals surface area contributed by atoms with Crippen molar-refractivity contribution < 1.29 is 9.53 Å². The van der Waals surface area contributed by atoms with Crippen LogP contribution in [0.4, 0.5) is 5.69 Å². The molecule has 1 saturated heterocycles. The summed E-state index contributed by atoms with van der Waals surface area (Å²) in [4.78, 5) is 14.3. The zero-order valence-electron chi connectivity index (χ0n) is 11.0. The van der Waals surface area contributed by atoms with E-state index in [0.717, 1.165) is 31.6 Å². The third-order valence-corrected chi connectivity index (χ3v) is 3.57. The van der Waals surface area contributed by atoms with Crippen molar-refractivity contribution in [1.82, 2.24) is 4.90 Å². The molecular formula is C14H20N2O2.